The van der Waals surface area contributed by atoms with E-state index in [0.717, 1.165) is 16.6 Å². The van der Waals surface area contributed by atoms with E-state index in [9.17, 15) is 34.8 Å². The predicted molar refractivity (Wildman–Crippen MR) is 125 cm³/mol. The second-order valence-electron chi connectivity index (χ2n) is 7.24. The standard InChI is InChI=1S/C18H19N3O2S.2C2HF3O2/c1-19-18-14-10-7-11-15(21(2)3)17(14)20-12-16(18)24(22,23)13-8-5-4-6-9-13;2*3-2(4,5)1(6)7/h4-12H,1-3H3,(H,19,20);2*(H,6,7). The minimum atomic E-state index is -5.08. The number of hydrogen-bond donors (Lipinski definition) is 3. The highest BCUT2D eigenvalue weighted by Crippen LogP contribution is 2.35. The van der Waals surface area contributed by atoms with Crippen LogP contribution in [0.15, 0.2) is 64.5 Å². The zero-order valence-electron chi connectivity index (χ0n) is 19.8. The summed E-state index contributed by atoms with van der Waals surface area (Å²) in [5.74, 6) is -5.51. The molecule has 1 aromatic heterocycles. The third-order valence-corrected chi connectivity index (χ3v) is 6.18. The molecule has 0 aliphatic carbocycles. The molecule has 3 rings (SSSR count). The number of sulfone groups is 1. The van der Waals surface area contributed by atoms with Crippen LogP contribution in [0, 0.1) is 0 Å². The summed E-state index contributed by atoms with van der Waals surface area (Å²) in [6.45, 7) is 0. The first-order chi connectivity index (χ1) is 17.4. The number of anilines is 2. The Hall–Kier alpha value is -4.08. The van der Waals surface area contributed by atoms with Crippen molar-refractivity contribution in [2.75, 3.05) is 31.4 Å². The van der Waals surface area contributed by atoms with Gasteiger partial charge in [-0.05, 0) is 18.2 Å². The van der Waals surface area contributed by atoms with Gasteiger partial charge in [-0.15, -0.1) is 0 Å². The van der Waals surface area contributed by atoms with Crippen LogP contribution in [0.5, 0.6) is 0 Å². The van der Waals surface area contributed by atoms with E-state index in [1.54, 1.807) is 37.4 Å². The first-order valence-corrected chi connectivity index (χ1v) is 11.5. The van der Waals surface area contributed by atoms with Crippen LogP contribution in [-0.4, -0.2) is 69.0 Å². The molecule has 0 saturated heterocycles. The van der Waals surface area contributed by atoms with Gasteiger partial charge in [0, 0.05) is 32.7 Å². The maximum atomic E-state index is 13.0. The zero-order chi connectivity index (χ0) is 29.5. The Kier molecular flexibility index (Phi) is 10.5. The normalized spacial score (nSPS) is 11.4. The summed E-state index contributed by atoms with van der Waals surface area (Å²) in [6, 6.07) is 14.1. The number of fused-ring (bicyclic) bond motifs is 1. The topological polar surface area (TPSA) is 137 Å². The second-order valence-corrected chi connectivity index (χ2v) is 9.16. The quantitative estimate of drug-likeness (QED) is 0.390. The number of benzene rings is 2. The number of nitrogens with zero attached hydrogens (tertiary/aromatic N) is 2. The zero-order valence-corrected chi connectivity index (χ0v) is 20.6. The molecule has 38 heavy (non-hydrogen) atoms. The fourth-order valence-corrected chi connectivity index (χ4v) is 4.18. The van der Waals surface area contributed by atoms with Crippen LogP contribution < -0.4 is 10.2 Å². The van der Waals surface area contributed by atoms with Gasteiger partial charge in [0.25, 0.3) is 0 Å². The van der Waals surface area contributed by atoms with Crippen molar-refractivity contribution >= 4 is 44.1 Å². The molecule has 0 spiro atoms. The number of carboxylic acids is 2. The van der Waals surface area contributed by atoms with Gasteiger partial charge in [-0.25, -0.2) is 18.0 Å². The van der Waals surface area contributed by atoms with Crippen LogP contribution in [-0.2, 0) is 19.4 Å². The van der Waals surface area contributed by atoms with E-state index >= 15 is 0 Å². The van der Waals surface area contributed by atoms with Crippen LogP contribution in [0.2, 0.25) is 0 Å². The van der Waals surface area contributed by atoms with E-state index in [1.165, 1.54) is 6.20 Å². The Bertz CT molecular complexity index is 1350. The Morgan fingerprint density at radius 2 is 1.34 bits per heavy atom. The van der Waals surface area contributed by atoms with Crippen molar-refractivity contribution in [1.29, 1.82) is 0 Å². The lowest BCUT2D eigenvalue weighted by Crippen LogP contribution is -2.21. The minimum Gasteiger partial charge on any atom is -0.475 e. The fraction of sp³-hybridized carbons (Fsp3) is 0.227. The molecule has 0 aliphatic heterocycles. The average Bonchev–Trinajstić information content (AvgIpc) is 2.82. The first-order valence-electron chi connectivity index (χ1n) is 10.0. The maximum Gasteiger partial charge on any atom is 0.490 e. The molecule has 0 amide bonds. The number of carboxylic acid groups (broad SMARTS) is 2. The molecule has 208 valence electrons. The van der Waals surface area contributed by atoms with Gasteiger partial charge >= 0.3 is 24.3 Å². The Morgan fingerprint density at radius 1 is 0.868 bits per heavy atom. The summed E-state index contributed by atoms with van der Waals surface area (Å²) < 4.78 is 89.4. The van der Waals surface area contributed by atoms with Crippen molar-refractivity contribution in [2.24, 2.45) is 0 Å². The Labute approximate surface area is 212 Å². The molecule has 0 atom stereocenters. The van der Waals surface area contributed by atoms with Crippen molar-refractivity contribution in [3.05, 3.63) is 54.7 Å². The summed E-state index contributed by atoms with van der Waals surface area (Å²) >= 11 is 0. The van der Waals surface area contributed by atoms with E-state index in [1.807, 2.05) is 37.2 Å². The van der Waals surface area contributed by atoms with Crippen molar-refractivity contribution in [1.82, 2.24) is 4.98 Å². The van der Waals surface area contributed by atoms with Crippen molar-refractivity contribution < 1.29 is 54.6 Å². The van der Waals surface area contributed by atoms with Gasteiger partial charge in [0.2, 0.25) is 9.84 Å². The number of aromatic nitrogens is 1. The minimum absolute atomic E-state index is 0.180. The maximum absolute atomic E-state index is 13.0. The summed E-state index contributed by atoms with van der Waals surface area (Å²) in [5, 5.41) is 18.1. The third kappa shape index (κ3) is 8.22. The molecule has 9 nitrogen and oxygen atoms in total. The molecule has 0 saturated carbocycles. The second kappa shape index (κ2) is 12.4. The van der Waals surface area contributed by atoms with Gasteiger partial charge in [0.1, 0.15) is 4.90 Å². The monoisotopic (exact) mass is 569 g/mol. The average molecular weight is 569 g/mol. The van der Waals surface area contributed by atoms with Gasteiger partial charge < -0.3 is 20.4 Å². The number of pyridine rings is 1. The number of rotatable bonds is 4. The molecule has 0 radical (unpaired) electrons. The number of hydrogen-bond acceptors (Lipinski definition) is 7. The SMILES string of the molecule is CNc1c(S(=O)(=O)c2ccccc2)cnc2c(N(C)C)cccc12.O=C(O)C(F)(F)F.O=C(O)C(F)(F)F. The lowest BCUT2D eigenvalue weighted by Gasteiger charge is -2.18. The van der Waals surface area contributed by atoms with Crippen LogP contribution in [0.25, 0.3) is 10.9 Å². The van der Waals surface area contributed by atoms with Crippen LogP contribution in [0.1, 0.15) is 0 Å². The Morgan fingerprint density at radius 3 is 1.74 bits per heavy atom. The summed E-state index contributed by atoms with van der Waals surface area (Å²) in [4.78, 5) is 24.6. The highest BCUT2D eigenvalue weighted by Gasteiger charge is 2.38. The Balaban J connectivity index is 0.000000426. The number of para-hydroxylation sites is 1. The van der Waals surface area contributed by atoms with Crippen LogP contribution >= 0.6 is 0 Å². The number of alkyl halides is 6. The molecule has 0 unspecified atom stereocenters. The van der Waals surface area contributed by atoms with E-state index in [-0.39, 0.29) is 9.79 Å². The lowest BCUT2D eigenvalue weighted by molar-refractivity contribution is -0.193. The molecule has 3 aromatic rings. The van der Waals surface area contributed by atoms with Crippen LogP contribution in [0.3, 0.4) is 0 Å². The molecule has 16 heteroatoms. The van der Waals surface area contributed by atoms with Gasteiger partial charge in [-0.3, -0.25) is 4.98 Å². The van der Waals surface area contributed by atoms with Gasteiger partial charge in [0.05, 0.1) is 21.8 Å². The summed E-state index contributed by atoms with van der Waals surface area (Å²) in [6.07, 6.45) is -8.73. The van der Waals surface area contributed by atoms with Gasteiger partial charge in [-0.1, -0.05) is 30.3 Å². The van der Waals surface area contributed by atoms with Gasteiger partial charge in [-0.2, -0.15) is 26.3 Å². The molecular weight excluding hydrogens is 548 g/mol. The van der Waals surface area contributed by atoms with E-state index < -0.39 is 34.1 Å². The van der Waals surface area contributed by atoms with Crippen molar-refractivity contribution in [2.45, 2.75) is 22.1 Å². The predicted octanol–water partition coefficient (Wildman–Crippen LogP) is 4.44. The largest absolute Gasteiger partial charge is 0.490 e. The number of halogens is 6. The highest BCUT2D eigenvalue weighted by atomic mass is 32.2. The molecular formula is C22H21F6N3O6S. The fourth-order valence-electron chi connectivity index (χ4n) is 2.74. The van der Waals surface area contributed by atoms with Crippen molar-refractivity contribution in [3.63, 3.8) is 0 Å². The van der Waals surface area contributed by atoms with E-state index in [2.05, 4.69) is 10.3 Å². The molecule has 3 N–H and O–H groups in total. The molecule has 0 fully saturated rings. The first kappa shape index (κ1) is 31.9. The van der Waals surface area contributed by atoms with Crippen LogP contribution in [0.4, 0.5) is 37.7 Å². The van der Waals surface area contributed by atoms with E-state index in [4.69, 9.17) is 19.8 Å². The molecule has 2 aromatic carbocycles. The highest BCUT2D eigenvalue weighted by molar-refractivity contribution is 7.91. The third-order valence-electron chi connectivity index (χ3n) is 4.40. The number of carbonyl (C=O) groups is 2. The van der Waals surface area contributed by atoms with Gasteiger partial charge in [0.15, 0.2) is 0 Å². The smallest absolute Gasteiger partial charge is 0.475 e. The summed E-state index contributed by atoms with van der Waals surface area (Å²) in [7, 11) is 1.95. The van der Waals surface area contributed by atoms with Crippen molar-refractivity contribution in [3.8, 4) is 0 Å². The molecule has 0 aliphatic rings. The molecule has 0 bridgehead atoms. The molecule has 1 heterocycles. The number of nitrogens with one attached hydrogen (secondary N) is 1. The number of aliphatic carboxylic acids is 2. The van der Waals surface area contributed by atoms with E-state index in [0.29, 0.717) is 5.69 Å². The summed E-state index contributed by atoms with van der Waals surface area (Å²) in [5.41, 5.74) is 2.26. The lowest BCUT2D eigenvalue weighted by atomic mass is 10.1.